The van der Waals surface area contributed by atoms with E-state index in [0.717, 1.165) is 16.8 Å². The second-order valence-corrected chi connectivity index (χ2v) is 9.64. The highest BCUT2D eigenvalue weighted by Gasteiger charge is 2.38. The van der Waals surface area contributed by atoms with Crippen LogP contribution in [0.3, 0.4) is 0 Å². The first kappa shape index (κ1) is 25.2. The number of nitrogens with zero attached hydrogens (tertiary/aromatic N) is 2. The van der Waals surface area contributed by atoms with Crippen molar-refractivity contribution in [2.75, 3.05) is 25.1 Å². The molecule has 31 heavy (non-hydrogen) atoms. The lowest BCUT2D eigenvalue weighted by Crippen LogP contribution is -2.50. The molecule has 0 aromatic heterocycles. The van der Waals surface area contributed by atoms with Crippen molar-refractivity contribution >= 4 is 37.7 Å². The van der Waals surface area contributed by atoms with E-state index in [1.54, 1.807) is 4.90 Å². The minimum atomic E-state index is -3.73. The Kier molecular flexibility index (Phi) is 8.90. The lowest BCUT2D eigenvalue weighted by molar-refractivity contribution is 0.135. The van der Waals surface area contributed by atoms with E-state index < -0.39 is 10.0 Å². The Balaban J connectivity index is 0.000000785. The number of amides is 1. The van der Waals surface area contributed by atoms with Crippen LogP contribution in [0.1, 0.15) is 30.9 Å². The Morgan fingerprint density at radius 1 is 1.29 bits per heavy atom. The molecule has 1 saturated heterocycles. The summed E-state index contributed by atoms with van der Waals surface area (Å²) in [5.74, 6) is 0.0290. The van der Waals surface area contributed by atoms with Gasteiger partial charge in [-0.2, -0.15) is 4.31 Å². The number of allylic oxidation sites excluding steroid dienone is 1. The second kappa shape index (κ2) is 11.0. The molecule has 0 atom stereocenters. The number of piperidine rings is 1. The molecule has 3 rings (SSSR count). The summed E-state index contributed by atoms with van der Waals surface area (Å²) >= 11 is 3.07. The molecule has 0 N–H and O–H groups in total. The lowest BCUT2D eigenvalue weighted by Gasteiger charge is -2.40. The molecule has 0 saturated carbocycles. The SMILES string of the molecule is C/C=C/Br.C=C(OC)C(=C)S(=O)(=O)N1CCC(N2C(=O)OCc3cccc(C)c32)CC1. The number of anilines is 1. The molecular formula is C22H29BrN2O5S. The van der Waals surface area contributed by atoms with E-state index in [1.807, 2.05) is 43.1 Å². The molecule has 1 aromatic carbocycles. The molecular weight excluding hydrogens is 484 g/mol. The summed E-state index contributed by atoms with van der Waals surface area (Å²) in [4.78, 5) is 15.8. The van der Waals surface area contributed by atoms with Crippen molar-refractivity contribution < 1.29 is 22.7 Å². The molecule has 170 valence electrons. The van der Waals surface area contributed by atoms with Crippen LogP contribution in [-0.4, -0.2) is 45.1 Å². The summed E-state index contributed by atoms with van der Waals surface area (Å²) in [6.07, 6.45) is 2.55. The maximum atomic E-state index is 12.7. The summed E-state index contributed by atoms with van der Waals surface area (Å²) in [7, 11) is -2.37. The fourth-order valence-corrected chi connectivity index (χ4v) is 4.94. The maximum absolute atomic E-state index is 12.7. The third-order valence-corrected chi connectivity index (χ3v) is 7.66. The summed E-state index contributed by atoms with van der Waals surface area (Å²) in [6.45, 7) is 11.9. The molecule has 1 fully saturated rings. The summed E-state index contributed by atoms with van der Waals surface area (Å²) in [5.41, 5.74) is 2.85. The number of sulfonamides is 1. The van der Waals surface area contributed by atoms with Crippen molar-refractivity contribution in [3.63, 3.8) is 0 Å². The van der Waals surface area contributed by atoms with E-state index in [0.29, 0.717) is 12.8 Å². The Morgan fingerprint density at radius 3 is 2.45 bits per heavy atom. The van der Waals surface area contributed by atoms with E-state index in [1.165, 1.54) is 11.4 Å². The van der Waals surface area contributed by atoms with Crippen LogP contribution in [-0.2, 0) is 26.1 Å². The minimum Gasteiger partial charge on any atom is -0.496 e. The van der Waals surface area contributed by atoms with Gasteiger partial charge in [-0.05, 0) is 37.2 Å². The predicted molar refractivity (Wildman–Crippen MR) is 126 cm³/mol. The molecule has 2 heterocycles. The molecule has 1 amide bonds. The van der Waals surface area contributed by atoms with E-state index in [9.17, 15) is 13.2 Å². The van der Waals surface area contributed by atoms with Crippen LogP contribution in [0.15, 0.2) is 53.1 Å². The molecule has 2 aliphatic heterocycles. The van der Waals surface area contributed by atoms with E-state index >= 15 is 0 Å². The number of cyclic esters (lactones) is 1. The van der Waals surface area contributed by atoms with Gasteiger partial charge >= 0.3 is 6.09 Å². The monoisotopic (exact) mass is 512 g/mol. The number of aryl methyl sites for hydroxylation is 1. The number of hydrogen-bond donors (Lipinski definition) is 0. The molecule has 2 aliphatic rings. The predicted octanol–water partition coefficient (Wildman–Crippen LogP) is 4.83. The minimum absolute atomic E-state index is 0.0290. The molecule has 0 unspecified atom stereocenters. The van der Waals surface area contributed by atoms with Crippen molar-refractivity contribution in [3.05, 3.63) is 64.2 Å². The zero-order valence-corrected chi connectivity index (χ0v) is 20.5. The standard InChI is InChI=1S/C19H24N2O5S.C3H5Br/c1-13-6-5-7-16-12-26-19(22)21(18(13)16)17-8-10-20(11-9-17)27(23,24)15(3)14(2)25-4;1-2-3-4/h5-7,17H,2-3,8-12H2,1,4H3;2-3H,1H3/b;3-2+. The number of hydrogen-bond acceptors (Lipinski definition) is 5. The van der Waals surface area contributed by atoms with Crippen LogP contribution in [0.2, 0.25) is 0 Å². The second-order valence-electron chi connectivity index (χ2n) is 7.15. The fourth-order valence-electron chi connectivity index (χ4n) is 3.57. The van der Waals surface area contributed by atoms with Gasteiger partial charge in [0.05, 0.1) is 12.8 Å². The van der Waals surface area contributed by atoms with Crippen LogP contribution in [0.25, 0.3) is 0 Å². The molecule has 0 radical (unpaired) electrons. The van der Waals surface area contributed by atoms with Gasteiger partial charge in [0.25, 0.3) is 0 Å². The molecule has 0 aliphatic carbocycles. The third kappa shape index (κ3) is 5.58. The van der Waals surface area contributed by atoms with Crippen LogP contribution < -0.4 is 4.90 Å². The zero-order valence-electron chi connectivity index (χ0n) is 18.1. The highest BCUT2D eigenvalue weighted by molar-refractivity contribution is 9.11. The van der Waals surface area contributed by atoms with Crippen molar-refractivity contribution in [2.45, 2.75) is 39.3 Å². The number of fused-ring (bicyclic) bond motifs is 1. The summed E-state index contributed by atoms with van der Waals surface area (Å²) in [5, 5.41) is 0. The van der Waals surface area contributed by atoms with Crippen molar-refractivity contribution in [2.24, 2.45) is 0 Å². The zero-order chi connectivity index (χ0) is 23.2. The number of halogens is 1. The fraction of sp³-hybridized carbons (Fsp3) is 0.409. The third-order valence-electron chi connectivity index (χ3n) is 5.23. The number of ether oxygens (including phenoxy) is 2. The smallest absolute Gasteiger partial charge is 0.414 e. The first-order valence-electron chi connectivity index (χ1n) is 9.87. The van der Waals surface area contributed by atoms with Gasteiger partial charge < -0.3 is 9.47 Å². The van der Waals surface area contributed by atoms with Crippen molar-refractivity contribution in [1.82, 2.24) is 4.31 Å². The van der Waals surface area contributed by atoms with Gasteiger partial charge in [-0.15, -0.1) is 0 Å². The van der Waals surface area contributed by atoms with Crippen LogP contribution in [0, 0.1) is 6.92 Å². The molecule has 9 heteroatoms. The Bertz CT molecular complexity index is 962. The maximum Gasteiger partial charge on any atom is 0.414 e. The number of rotatable bonds is 5. The van der Waals surface area contributed by atoms with Crippen LogP contribution in [0.4, 0.5) is 10.5 Å². The average Bonchev–Trinajstić information content (AvgIpc) is 2.78. The van der Waals surface area contributed by atoms with Gasteiger partial charge in [0.15, 0.2) is 0 Å². The Hall–Kier alpha value is -2.10. The molecule has 1 aromatic rings. The van der Waals surface area contributed by atoms with Crippen LogP contribution >= 0.6 is 15.9 Å². The van der Waals surface area contributed by atoms with E-state index in [4.69, 9.17) is 9.47 Å². The number of carbonyl (C=O) groups is 1. The number of benzene rings is 1. The lowest BCUT2D eigenvalue weighted by atomic mass is 10.00. The quantitative estimate of drug-likeness (QED) is 0.416. The topological polar surface area (TPSA) is 76.2 Å². The van der Waals surface area contributed by atoms with Crippen LogP contribution in [0.5, 0.6) is 0 Å². The highest BCUT2D eigenvalue weighted by atomic mass is 79.9. The summed E-state index contributed by atoms with van der Waals surface area (Å²) < 4.78 is 36.9. The van der Waals surface area contributed by atoms with Gasteiger partial charge in [-0.1, -0.05) is 53.4 Å². The summed E-state index contributed by atoms with van der Waals surface area (Å²) in [6, 6.07) is 5.73. The first-order valence-corrected chi connectivity index (χ1v) is 12.2. The van der Waals surface area contributed by atoms with Gasteiger partial charge in [0.2, 0.25) is 10.0 Å². The molecule has 0 spiro atoms. The van der Waals surface area contributed by atoms with Gasteiger partial charge in [0.1, 0.15) is 17.3 Å². The molecule has 7 nitrogen and oxygen atoms in total. The molecule has 0 bridgehead atoms. The number of para-hydroxylation sites is 1. The van der Waals surface area contributed by atoms with E-state index in [2.05, 4.69) is 29.1 Å². The van der Waals surface area contributed by atoms with E-state index in [-0.39, 0.29) is 42.5 Å². The first-order chi connectivity index (χ1) is 14.7. The largest absolute Gasteiger partial charge is 0.496 e. The highest BCUT2D eigenvalue weighted by Crippen LogP contribution is 2.35. The van der Waals surface area contributed by atoms with Gasteiger partial charge in [-0.3, -0.25) is 4.90 Å². The van der Waals surface area contributed by atoms with Gasteiger partial charge in [0, 0.05) is 24.7 Å². The Morgan fingerprint density at radius 2 is 1.90 bits per heavy atom. The normalized spacial score (nSPS) is 17.4. The van der Waals surface area contributed by atoms with Crippen molar-refractivity contribution in [1.29, 1.82) is 0 Å². The Labute approximate surface area is 193 Å². The number of carbonyl (C=O) groups excluding carboxylic acids is 1. The average molecular weight is 513 g/mol. The number of methoxy groups -OCH3 is 1. The van der Waals surface area contributed by atoms with Crippen molar-refractivity contribution in [3.8, 4) is 0 Å². The van der Waals surface area contributed by atoms with Gasteiger partial charge in [-0.25, -0.2) is 13.2 Å².